The van der Waals surface area contributed by atoms with Crippen molar-refractivity contribution in [3.05, 3.63) is 47.5 Å². The van der Waals surface area contributed by atoms with E-state index >= 15 is 0 Å². The molecule has 0 spiro atoms. The minimum absolute atomic E-state index is 0.291. The number of aromatic nitrogens is 2. The lowest BCUT2D eigenvalue weighted by Gasteiger charge is -2.14. The van der Waals surface area contributed by atoms with Crippen molar-refractivity contribution in [1.82, 2.24) is 15.3 Å². The third-order valence-electron chi connectivity index (χ3n) is 2.97. The lowest BCUT2D eigenvalue weighted by molar-refractivity contribution is 0.414. The fourth-order valence-corrected chi connectivity index (χ4v) is 1.83. The van der Waals surface area contributed by atoms with Crippen LogP contribution < -0.4 is 10.1 Å². The summed E-state index contributed by atoms with van der Waals surface area (Å²) in [6, 6.07) is 8.41. The molecule has 4 nitrogen and oxygen atoms in total. The molecule has 0 saturated heterocycles. The maximum absolute atomic E-state index is 5.15. The van der Waals surface area contributed by atoms with Crippen LogP contribution >= 0.6 is 0 Å². The second-order valence-electron chi connectivity index (χ2n) is 4.37. The fourth-order valence-electron chi connectivity index (χ4n) is 1.83. The Balaban J connectivity index is 1.92. The topological polar surface area (TPSA) is 49.9 Å². The van der Waals surface area contributed by atoms with Gasteiger partial charge < -0.3 is 15.0 Å². The van der Waals surface area contributed by atoms with Gasteiger partial charge in [-0.2, -0.15) is 0 Å². The highest BCUT2D eigenvalue weighted by Gasteiger charge is 2.05. The molecular weight excluding hydrogens is 226 g/mol. The van der Waals surface area contributed by atoms with Crippen LogP contribution in [0.15, 0.2) is 30.5 Å². The molecule has 2 N–H and O–H groups in total. The van der Waals surface area contributed by atoms with Gasteiger partial charge in [-0.15, -0.1) is 0 Å². The van der Waals surface area contributed by atoms with E-state index in [4.69, 9.17) is 4.74 Å². The van der Waals surface area contributed by atoms with Gasteiger partial charge in [-0.1, -0.05) is 12.1 Å². The fraction of sp³-hybridized carbons (Fsp3) is 0.357. The number of nitrogens with one attached hydrogen (secondary N) is 2. The highest BCUT2D eigenvalue weighted by molar-refractivity contribution is 5.28. The molecule has 4 heteroatoms. The SMILES string of the molecule is COc1ccc([C@@H](C)NCc2cnc(C)[nH]2)cc1. The Kier molecular flexibility index (Phi) is 3.99. The summed E-state index contributed by atoms with van der Waals surface area (Å²) in [6.07, 6.45) is 1.86. The Labute approximate surface area is 107 Å². The maximum Gasteiger partial charge on any atom is 0.118 e. The van der Waals surface area contributed by atoms with Crippen molar-refractivity contribution in [2.24, 2.45) is 0 Å². The monoisotopic (exact) mass is 245 g/mol. The first-order valence-corrected chi connectivity index (χ1v) is 6.07. The number of hydrogen-bond acceptors (Lipinski definition) is 3. The summed E-state index contributed by atoms with van der Waals surface area (Å²) in [7, 11) is 1.68. The maximum atomic E-state index is 5.15. The number of aromatic amines is 1. The smallest absolute Gasteiger partial charge is 0.118 e. The van der Waals surface area contributed by atoms with E-state index in [-0.39, 0.29) is 0 Å². The van der Waals surface area contributed by atoms with Gasteiger partial charge in [0.25, 0.3) is 0 Å². The van der Waals surface area contributed by atoms with Gasteiger partial charge in [-0.3, -0.25) is 0 Å². The average molecular weight is 245 g/mol. The van der Waals surface area contributed by atoms with Crippen molar-refractivity contribution in [3.8, 4) is 5.75 Å². The second-order valence-corrected chi connectivity index (χ2v) is 4.37. The van der Waals surface area contributed by atoms with Crippen LogP contribution in [0.5, 0.6) is 5.75 Å². The van der Waals surface area contributed by atoms with Crippen LogP contribution in [0.2, 0.25) is 0 Å². The predicted octanol–water partition coefficient (Wildman–Crippen LogP) is 2.58. The molecule has 1 heterocycles. The zero-order valence-electron chi connectivity index (χ0n) is 11.0. The van der Waals surface area contributed by atoms with E-state index in [0.717, 1.165) is 23.8 Å². The highest BCUT2D eigenvalue weighted by Crippen LogP contribution is 2.17. The van der Waals surface area contributed by atoms with E-state index in [1.165, 1.54) is 5.56 Å². The Morgan fingerprint density at radius 1 is 1.33 bits per heavy atom. The van der Waals surface area contributed by atoms with Gasteiger partial charge in [0.1, 0.15) is 11.6 Å². The molecule has 0 aliphatic rings. The van der Waals surface area contributed by atoms with Crippen molar-refractivity contribution in [3.63, 3.8) is 0 Å². The Morgan fingerprint density at radius 3 is 2.61 bits per heavy atom. The van der Waals surface area contributed by atoms with E-state index in [0.29, 0.717) is 6.04 Å². The molecule has 0 saturated carbocycles. The molecule has 2 aromatic rings. The number of H-pyrrole nitrogens is 1. The van der Waals surface area contributed by atoms with Gasteiger partial charge in [0.05, 0.1) is 7.11 Å². The molecule has 0 aliphatic carbocycles. The number of hydrogen-bond donors (Lipinski definition) is 2. The average Bonchev–Trinajstić information content (AvgIpc) is 2.82. The van der Waals surface area contributed by atoms with Gasteiger partial charge in [0.2, 0.25) is 0 Å². The number of benzene rings is 1. The zero-order valence-corrected chi connectivity index (χ0v) is 11.0. The first-order valence-electron chi connectivity index (χ1n) is 6.07. The Morgan fingerprint density at radius 2 is 2.06 bits per heavy atom. The van der Waals surface area contributed by atoms with Crippen LogP contribution in [0.3, 0.4) is 0 Å². The molecule has 2 rings (SSSR count). The molecule has 0 unspecified atom stereocenters. The molecule has 0 amide bonds. The van der Waals surface area contributed by atoms with Gasteiger partial charge in [-0.05, 0) is 31.5 Å². The van der Waals surface area contributed by atoms with Gasteiger partial charge >= 0.3 is 0 Å². The van der Waals surface area contributed by atoms with Crippen LogP contribution in [-0.4, -0.2) is 17.1 Å². The molecule has 1 atom stereocenters. The lowest BCUT2D eigenvalue weighted by atomic mass is 10.1. The summed E-state index contributed by atoms with van der Waals surface area (Å²) in [5.74, 6) is 1.83. The molecular formula is C14H19N3O. The molecule has 0 aliphatic heterocycles. The van der Waals surface area contributed by atoms with Gasteiger partial charge in [-0.25, -0.2) is 4.98 Å². The number of imidazole rings is 1. The largest absolute Gasteiger partial charge is 0.497 e. The van der Waals surface area contributed by atoms with E-state index in [1.54, 1.807) is 7.11 Å². The van der Waals surface area contributed by atoms with E-state index in [9.17, 15) is 0 Å². The van der Waals surface area contributed by atoms with E-state index in [2.05, 4.69) is 34.3 Å². The third kappa shape index (κ3) is 3.11. The Bertz CT molecular complexity index is 490. The summed E-state index contributed by atoms with van der Waals surface area (Å²) in [6.45, 7) is 4.88. The normalized spacial score (nSPS) is 12.4. The first-order chi connectivity index (χ1) is 8.69. The summed E-state index contributed by atoms with van der Waals surface area (Å²) in [5, 5.41) is 3.45. The highest BCUT2D eigenvalue weighted by atomic mass is 16.5. The van der Waals surface area contributed by atoms with Crippen LogP contribution in [0, 0.1) is 6.92 Å². The summed E-state index contributed by atoms with van der Waals surface area (Å²) < 4.78 is 5.15. The van der Waals surface area contributed by atoms with E-state index in [1.807, 2.05) is 25.3 Å². The van der Waals surface area contributed by atoms with Gasteiger partial charge in [0, 0.05) is 24.5 Å². The van der Waals surface area contributed by atoms with Crippen LogP contribution in [0.25, 0.3) is 0 Å². The van der Waals surface area contributed by atoms with Crippen molar-refractivity contribution in [2.45, 2.75) is 26.4 Å². The van der Waals surface area contributed by atoms with E-state index < -0.39 is 0 Å². The molecule has 0 bridgehead atoms. The van der Waals surface area contributed by atoms with Crippen molar-refractivity contribution < 1.29 is 4.74 Å². The quantitative estimate of drug-likeness (QED) is 0.851. The number of ether oxygens (including phenoxy) is 1. The molecule has 1 aromatic heterocycles. The third-order valence-corrected chi connectivity index (χ3v) is 2.97. The van der Waals surface area contributed by atoms with Crippen LogP contribution in [0.1, 0.15) is 30.0 Å². The molecule has 0 radical (unpaired) electrons. The molecule has 0 fully saturated rings. The summed E-state index contributed by atoms with van der Waals surface area (Å²) in [5.41, 5.74) is 2.35. The molecule has 96 valence electrons. The summed E-state index contributed by atoms with van der Waals surface area (Å²) in [4.78, 5) is 7.39. The molecule has 1 aromatic carbocycles. The van der Waals surface area contributed by atoms with Crippen LogP contribution in [-0.2, 0) is 6.54 Å². The Hall–Kier alpha value is -1.81. The lowest BCUT2D eigenvalue weighted by Crippen LogP contribution is -2.18. The van der Waals surface area contributed by atoms with Crippen molar-refractivity contribution in [2.75, 3.05) is 7.11 Å². The summed E-state index contributed by atoms with van der Waals surface area (Å²) >= 11 is 0. The minimum Gasteiger partial charge on any atom is -0.497 e. The van der Waals surface area contributed by atoms with Gasteiger partial charge in [0.15, 0.2) is 0 Å². The van der Waals surface area contributed by atoms with Crippen LogP contribution in [0.4, 0.5) is 0 Å². The number of rotatable bonds is 5. The number of methoxy groups -OCH3 is 1. The van der Waals surface area contributed by atoms with Crippen molar-refractivity contribution in [1.29, 1.82) is 0 Å². The predicted molar refractivity (Wildman–Crippen MR) is 71.6 cm³/mol. The van der Waals surface area contributed by atoms with Crippen molar-refractivity contribution >= 4 is 0 Å². The second kappa shape index (κ2) is 5.69. The zero-order chi connectivity index (χ0) is 13.0. The standard InChI is InChI=1S/C14H19N3O/c1-10(12-4-6-14(18-3)7-5-12)15-8-13-9-16-11(2)17-13/h4-7,9-10,15H,8H2,1-3H3,(H,16,17)/t10-/m1/s1. The minimum atomic E-state index is 0.291. The molecule has 18 heavy (non-hydrogen) atoms. The first kappa shape index (κ1) is 12.6. The number of nitrogens with zero attached hydrogens (tertiary/aromatic N) is 1. The number of aryl methyl sites for hydroxylation is 1.